The second-order valence-electron chi connectivity index (χ2n) is 8.90. The number of allylic oxidation sites excluding steroid dienone is 1. The van der Waals surface area contributed by atoms with Gasteiger partial charge in [-0.05, 0) is 53.9 Å². The molecular formula is C27H30N2O5. The lowest BCUT2D eigenvalue weighted by Gasteiger charge is -2.33. The van der Waals surface area contributed by atoms with Crippen LogP contribution in [0.25, 0.3) is 11.1 Å². The van der Waals surface area contributed by atoms with Crippen LogP contribution < -0.4 is 10.6 Å². The molecule has 0 spiro atoms. The Balaban J connectivity index is 1.41. The third-order valence-electron chi connectivity index (χ3n) is 6.79. The summed E-state index contributed by atoms with van der Waals surface area (Å²) in [4.78, 5) is 37.2. The predicted octanol–water partition coefficient (Wildman–Crippen LogP) is 4.23. The van der Waals surface area contributed by atoms with Crippen LogP contribution in [0.1, 0.15) is 49.1 Å². The van der Waals surface area contributed by atoms with Crippen LogP contribution in [0.2, 0.25) is 0 Å². The molecule has 2 atom stereocenters. The zero-order chi connectivity index (χ0) is 24.1. The number of carboxylic acid groups (broad SMARTS) is 1. The quantitative estimate of drug-likeness (QED) is 0.459. The number of nitrogens with one attached hydrogen (secondary N) is 2. The molecule has 0 radical (unpaired) electrons. The van der Waals surface area contributed by atoms with Crippen LogP contribution in [-0.2, 0) is 14.3 Å². The molecule has 34 heavy (non-hydrogen) atoms. The second kappa shape index (κ2) is 10.5. The van der Waals surface area contributed by atoms with Crippen molar-refractivity contribution in [2.75, 3.05) is 6.61 Å². The number of fused-ring (bicyclic) bond motifs is 3. The minimum Gasteiger partial charge on any atom is -0.480 e. The molecule has 4 rings (SSSR count). The summed E-state index contributed by atoms with van der Waals surface area (Å²) >= 11 is 0. The average molecular weight is 463 g/mol. The van der Waals surface area contributed by atoms with E-state index >= 15 is 0 Å². The van der Waals surface area contributed by atoms with Crippen molar-refractivity contribution in [3.63, 3.8) is 0 Å². The molecule has 1 fully saturated rings. The van der Waals surface area contributed by atoms with Gasteiger partial charge in [-0.15, -0.1) is 6.58 Å². The van der Waals surface area contributed by atoms with E-state index in [-0.39, 0.29) is 24.9 Å². The molecule has 178 valence electrons. The third kappa shape index (κ3) is 4.98. The maximum absolute atomic E-state index is 12.9. The van der Waals surface area contributed by atoms with E-state index in [9.17, 15) is 19.5 Å². The molecule has 2 aliphatic rings. The Morgan fingerprint density at radius 2 is 1.65 bits per heavy atom. The standard InChI is InChI=1S/C27H30N2O5/c1-2-3-15-23(26(31)32)28-25(30)24(17-9-8-10-17)29-27(33)34-16-22-20-13-6-4-11-18(20)19-12-5-7-14-21(19)22/h2,4-7,11-14,17,22-24H,1,3,8-10,15-16H2,(H,28,30)(H,29,33)(H,31,32). The Hall–Kier alpha value is -3.61. The van der Waals surface area contributed by atoms with Gasteiger partial charge in [-0.25, -0.2) is 9.59 Å². The molecule has 1 saturated carbocycles. The summed E-state index contributed by atoms with van der Waals surface area (Å²) in [5, 5.41) is 14.7. The molecule has 7 nitrogen and oxygen atoms in total. The van der Waals surface area contributed by atoms with Gasteiger partial charge in [-0.1, -0.05) is 61.0 Å². The number of ether oxygens (including phenoxy) is 1. The van der Waals surface area contributed by atoms with E-state index in [1.165, 1.54) is 0 Å². The summed E-state index contributed by atoms with van der Waals surface area (Å²) in [6.45, 7) is 3.75. The first kappa shape index (κ1) is 23.5. The van der Waals surface area contributed by atoms with Gasteiger partial charge in [0.1, 0.15) is 18.7 Å². The fourth-order valence-electron chi connectivity index (χ4n) is 4.74. The first-order valence-electron chi connectivity index (χ1n) is 11.7. The Morgan fingerprint density at radius 1 is 1.03 bits per heavy atom. The van der Waals surface area contributed by atoms with E-state index in [2.05, 4.69) is 29.3 Å². The van der Waals surface area contributed by atoms with Gasteiger partial charge in [-0.3, -0.25) is 4.79 Å². The predicted molar refractivity (Wildman–Crippen MR) is 128 cm³/mol. The highest BCUT2D eigenvalue weighted by atomic mass is 16.5. The molecular weight excluding hydrogens is 432 g/mol. The highest BCUT2D eigenvalue weighted by Crippen LogP contribution is 2.44. The van der Waals surface area contributed by atoms with Gasteiger partial charge in [0.2, 0.25) is 5.91 Å². The second-order valence-corrected chi connectivity index (χ2v) is 8.90. The summed E-state index contributed by atoms with van der Waals surface area (Å²) < 4.78 is 5.60. The number of aliphatic carboxylic acids is 1. The average Bonchev–Trinajstić information content (AvgIpc) is 3.12. The number of benzene rings is 2. The van der Waals surface area contributed by atoms with Gasteiger partial charge in [0.05, 0.1) is 0 Å². The molecule has 2 aliphatic carbocycles. The van der Waals surface area contributed by atoms with E-state index < -0.39 is 30.1 Å². The van der Waals surface area contributed by atoms with Gasteiger partial charge in [-0.2, -0.15) is 0 Å². The summed E-state index contributed by atoms with van der Waals surface area (Å²) in [5.74, 6) is -1.71. The van der Waals surface area contributed by atoms with E-state index in [1.807, 2.05) is 36.4 Å². The normalized spacial score (nSPS) is 16.4. The molecule has 3 N–H and O–H groups in total. The van der Waals surface area contributed by atoms with Crippen molar-refractivity contribution in [3.8, 4) is 11.1 Å². The monoisotopic (exact) mass is 462 g/mol. The lowest BCUT2D eigenvalue weighted by Crippen LogP contribution is -2.55. The number of amides is 2. The fourth-order valence-corrected chi connectivity index (χ4v) is 4.74. The minimum atomic E-state index is -1.11. The molecule has 2 aromatic rings. The summed E-state index contributed by atoms with van der Waals surface area (Å²) in [5.41, 5.74) is 4.49. The van der Waals surface area contributed by atoms with Crippen LogP contribution >= 0.6 is 0 Å². The first-order valence-corrected chi connectivity index (χ1v) is 11.7. The van der Waals surface area contributed by atoms with Crippen molar-refractivity contribution >= 4 is 18.0 Å². The van der Waals surface area contributed by atoms with E-state index in [1.54, 1.807) is 6.08 Å². The lowest BCUT2D eigenvalue weighted by atomic mass is 9.79. The molecule has 2 unspecified atom stereocenters. The van der Waals surface area contributed by atoms with Crippen molar-refractivity contribution < 1.29 is 24.2 Å². The first-order chi connectivity index (χ1) is 16.5. The number of hydrogen-bond donors (Lipinski definition) is 3. The zero-order valence-electron chi connectivity index (χ0n) is 19.0. The molecule has 0 aliphatic heterocycles. The number of rotatable bonds is 10. The van der Waals surface area contributed by atoms with Gasteiger partial charge in [0, 0.05) is 5.92 Å². The molecule has 0 aromatic heterocycles. The largest absolute Gasteiger partial charge is 0.480 e. The highest BCUT2D eigenvalue weighted by molar-refractivity contribution is 5.89. The number of hydrogen-bond acceptors (Lipinski definition) is 4. The molecule has 2 aromatic carbocycles. The van der Waals surface area contributed by atoms with Crippen LogP contribution in [0.5, 0.6) is 0 Å². The van der Waals surface area contributed by atoms with Crippen LogP contribution in [0.4, 0.5) is 4.79 Å². The number of carbonyl (C=O) groups excluding carboxylic acids is 2. The van der Waals surface area contributed by atoms with E-state index in [0.717, 1.165) is 41.5 Å². The number of alkyl carbamates (subject to hydrolysis) is 1. The highest BCUT2D eigenvalue weighted by Gasteiger charge is 2.36. The summed E-state index contributed by atoms with van der Waals surface area (Å²) in [6.07, 6.45) is 4.21. The Kier molecular flexibility index (Phi) is 7.30. The van der Waals surface area contributed by atoms with Gasteiger partial charge < -0.3 is 20.5 Å². The van der Waals surface area contributed by atoms with E-state index in [0.29, 0.717) is 6.42 Å². The fraction of sp³-hybridized carbons (Fsp3) is 0.370. The van der Waals surface area contributed by atoms with Crippen LogP contribution in [0.3, 0.4) is 0 Å². The maximum atomic E-state index is 12.9. The van der Waals surface area contributed by atoms with Gasteiger partial charge in [0.25, 0.3) is 0 Å². The minimum absolute atomic E-state index is 0.0330. The molecule has 0 saturated heterocycles. The van der Waals surface area contributed by atoms with Crippen molar-refractivity contribution in [1.82, 2.24) is 10.6 Å². The Bertz CT molecular complexity index is 1030. The van der Waals surface area contributed by atoms with E-state index in [4.69, 9.17) is 4.74 Å². The van der Waals surface area contributed by atoms with Crippen LogP contribution in [0, 0.1) is 5.92 Å². The number of carboxylic acids is 1. The van der Waals surface area contributed by atoms with Crippen molar-refractivity contribution in [2.24, 2.45) is 5.92 Å². The van der Waals surface area contributed by atoms with Crippen LogP contribution in [-0.4, -0.2) is 41.8 Å². The SMILES string of the molecule is C=CCCC(NC(=O)C(NC(=O)OCC1c2ccccc2-c2ccccc21)C1CCC1)C(=O)O. The van der Waals surface area contributed by atoms with Crippen molar-refractivity contribution in [1.29, 1.82) is 0 Å². The smallest absolute Gasteiger partial charge is 0.407 e. The molecule has 2 amide bonds. The maximum Gasteiger partial charge on any atom is 0.407 e. The molecule has 0 heterocycles. The summed E-state index contributed by atoms with van der Waals surface area (Å²) in [7, 11) is 0. The Labute approximate surface area is 199 Å². The van der Waals surface area contributed by atoms with Crippen LogP contribution in [0.15, 0.2) is 61.2 Å². The summed E-state index contributed by atoms with van der Waals surface area (Å²) in [6, 6.07) is 14.3. The molecule has 7 heteroatoms. The zero-order valence-corrected chi connectivity index (χ0v) is 19.0. The molecule has 0 bridgehead atoms. The Morgan fingerprint density at radius 3 is 2.18 bits per heavy atom. The topological polar surface area (TPSA) is 105 Å². The third-order valence-corrected chi connectivity index (χ3v) is 6.79. The van der Waals surface area contributed by atoms with Gasteiger partial charge >= 0.3 is 12.1 Å². The lowest BCUT2D eigenvalue weighted by molar-refractivity contribution is -0.142. The van der Waals surface area contributed by atoms with Crippen molar-refractivity contribution in [2.45, 2.75) is 50.1 Å². The van der Waals surface area contributed by atoms with Crippen molar-refractivity contribution in [3.05, 3.63) is 72.3 Å². The van der Waals surface area contributed by atoms with Gasteiger partial charge in [0.15, 0.2) is 0 Å². The number of carbonyl (C=O) groups is 3.